The molecular weight excluding hydrogens is 290 g/mol. The van der Waals surface area contributed by atoms with Crippen LogP contribution in [0.25, 0.3) is 0 Å². The van der Waals surface area contributed by atoms with Gasteiger partial charge in [0, 0.05) is 6.92 Å². The Morgan fingerprint density at radius 2 is 0.941 bits per heavy atom. The van der Waals surface area contributed by atoms with Crippen molar-refractivity contribution in [3.05, 3.63) is 14.9 Å². The van der Waals surface area contributed by atoms with Gasteiger partial charge in [0.25, 0.3) is 0 Å². The number of halogens is 4. The normalized spacial score (nSPS) is 3.88. The second kappa shape index (κ2) is 43.2. The van der Waals surface area contributed by atoms with Crippen LogP contribution in [-0.4, -0.2) is 14.5 Å². The molecule has 11 heteroatoms. The fourth-order valence-electron chi connectivity index (χ4n) is 0.0289. The maximum Gasteiger partial charge on any atom is 1.00 e. The van der Waals surface area contributed by atoms with Crippen molar-refractivity contribution in [1.82, 2.24) is 0 Å². The monoisotopic (exact) mass is 299 g/mol. The summed E-state index contributed by atoms with van der Waals surface area (Å²) in [5.74, 6) is 2.17. The molecule has 0 amide bonds. The van der Waals surface area contributed by atoms with Crippen LogP contribution in [0.4, 0.5) is 17.3 Å². The molecule has 84 valence electrons. The van der Waals surface area contributed by atoms with Crippen molar-refractivity contribution >= 4 is 14.5 Å². The Balaban J connectivity index is -0.0000000166. The first-order valence-corrected chi connectivity index (χ1v) is 2.62. The van der Waals surface area contributed by atoms with Crippen LogP contribution >= 0.6 is 0 Å². The molecule has 0 unspecified atom stereocenters. The number of rotatable bonds is 0. The quantitative estimate of drug-likeness (QED) is 0.263. The molecule has 0 aliphatic rings. The molecule has 0 aromatic carbocycles. The van der Waals surface area contributed by atoms with Crippen LogP contribution in [0.1, 0.15) is 6.92 Å². The maximum absolute atomic E-state index is 11.1. The predicted molar refractivity (Wildman–Crippen MR) is 51.3 cm³/mol. The Bertz CT molecular complexity index is 210. The van der Waals surface area contributed by atoms with Gasteiger partial charge in [-0.05, 0) is 0 Å². The van der Waals surface area contributed by atoms with Crippen molar-refractivity contribution < 1.29 is 120 Å². The van der Waals surface area contributed by atoms with Crippen molar-refractivity contribution in [2.45, 2.75) is 6.92 Å². The summed E-state index contributed by atoms with van der Waals surface area (Å²) in [7, 11) is -3.67. The van der Waals surface area contributed by atoms with Gasteiger partial charge in [0.1, 0.15) is 0 Å². The van der Waals surface area contributed by atoms with Crippen LogP contribution in [0.5, 0.6) is 0 Å². The molecule has 0 saturated heterocycles. The summed E-state index contributed by atoms with van der Waals surface area (Å²) in [6, 6.07) is 1.75. The Morgan fingerprint density at radius 1 is 0.824 bits per heavy atom. The van der Waals surface area contributed by atoms with Crippen LogP contribution in [0.3, 0.4) is 0 Å². The van der Waals surface area contributed by atoms with Gasteiger partial charge in [-0.2, -0.15) is 5.26 Å². The topological polar surface area (TPSA) is 71.4 Å². The SMILES string of the molecule is CC#N.FB(F)F.N#CB(F)C#N.[CH3-].[CH3-].[K+].[K+]. The molecule has 0 heterocycles. The standard InChI is InChI=1S/C2BFN2.C2H3N.2CH3.BF3.2K/c4-3(1-5)2-6;1-2-3;;;2-1(3)4;;/h;1H3;2*1H3;;;/q;;2*-1;;2*+1. The molecule has 0 radical (unpaired) electrons. The third kappa shape index (κ3) is 137. The summed E-state index contributed by atoms with van der Waals surface area (Å²) in [5, 5.41) is 22.3. The number of hydrogen-bond donors (Lipinski definition) is 0. The summed E-state index contributed by atoms with van der Waals surface area (Å²) < 4.78 is 40.1. The summed E-state index contributed by atoms with van der Waals surface area (Å²) >= 11 is 0. The number of nitriles is 3. The van der Waals surface area contributed by atoms with Crippen LogP contribution in [0.2, 0.25) is 0 Å². The van der Waals surface area contributed by atoms with Crippen molar-refractivity contribution in [1.29, 1.82) is 15.8 Å². The molecule has 17 heavy (non-hydrogen) atoms. The second-order valence-electron chi connectivity index (χ2n) is 1.09. The zero-order valence-corrected chi connectivity index (χ0v) is 16.8. The van der Waals surface area contributed by atoms with Crippen LogP contribution in [0.15, 0.2) is 0 Å². The smallest absolute Gasteiger partial charge is 0.358 e. The molecule has 0 spiro atoms. The molecule has 0 atom stereocenters. The Labute approximate surface area is 186 Å². The van der Waals surface area contributed by atoms with Crippen molar-refractivity contribution in [3.63, 3.8) is 0 Å². The second-order valence-corrected chi connectivity index (χ2v) is 1.09. The predicted octanol–water partition coefficient (Wildman–Crippen LogP) is -3.61. The van der Waals surface area contributed by atoms with E-state index >= 15 is 0 Å². The van der Waals surface area contributed by atoms with E-state index in [0.29, 0.717) is 0 Å². The molecule has 0 aromatic rings. The molecule has 0 fully saturated rings. The van der Waals surface area contributed by atoms with Gasteiger partial charge in [-0.3, -0.25) is 17.3 Å². The summed E-state index contributed by atoms with van der Waals surface area (Å²) in [6.45, 7) is -0.523. The summed E-state index contributed by atoms with van der Waals surface area (Å²) in [4.78, 5) is 0. The first kappa shape index (κ1) is 42.8. The Morgan fingerprint density at radius 3 is 0.941 bits per heavy atom. The van der Waals surface area contributed by atoms with Gasteiger partial charge in [0.2, 0.25) is 0 Å². The molecule has 0 bridgehead atoms. The molecule has 0 saturated carbocycles. The van der Waals surface area contributed by atoms with Gasteiger partial charge in [-0.15, -0.1) is 0 Å². The van der Waals surface area contributed by atoms with Gasteiger partial charge in [-0.25, -0.2) is 10.5 Å². The van der Waals surface area contributed by atoms with Crippen LogP contribution in [0, 0.1) is 48.6 Å². The van der Waals surface area contributed by atoms with Gasteiger partial charge in [0.05, 0.1) is 18.0 Å². The fourth-order valence-corrected chi connectivity index (χ4v) is 0.0289. The average Bonchev–Trinajstić information content (AvgIpc) is 2.03. The molecule has 0 aromatic heterocycles. The van der Waals surface area contributed by atoms with E-state index in [1.807, 2.05) is 0 Å². The van der Waals surface area contributed by atoms with E-state index in [1.165, 1.54) is 6.92 Å². The van der Waals surface area contributed by atoms with E-state index < -0.39 is 14.5 Å². The molecule has 0 rings (SSSR count). The van der Waals surface area contributed by atoms with Crippen LogP contribution in [-0.2, 0) is 0 Å². The molecular formula is C6H9B2F4K2N3. The molecule has 0 N–H and O–H groups in total. The summed E-state index contributed by atoms with van der Waals surface area (Å²) in [5.41, 5.74) is 0. The fraction of sp³-hybridized carbons (Fsp3) is 0.167. The molecule has 0 aliphatic carbocycles. The average molecular weight is 299 g/mol. The third-order valence-corrected chi connectivity index (χ3v) is 0.227. The summed E-state index contributed by atoms with van der Waals surface area (Å²) in [6.07, 6.45) is 0. The van der Waals surface area contributed by atoms with Gasteiger partial charge >= 0.3 is 117 Å². The van der Waals surface area contributed by atoms with E-state index in [4.69, 9.17) is 15.8 Å². The largest absolute Gasteiger partial charge is 1.00 e. The number of nitrogens with zero attached hydrogens (tertiary/aromatic N) is 3. The minimum absolute atomic E-state index is 0. The minimum Gasteiger partial charge on any atom is -0.358 e. The van der Waals surface area contributed by atoms with Gasteiger partial charge in [-0.1, -0.05) is 0 Å². The molecule has 0 aliphatic heterocycles. The first-order chi connectivity index (χ1) is 5.95. The van der Waals surface area contributed by atoms with Gasteiger partial charge < -0.3 is 14.9 Å². The third-order valence-electron chi connectivity index (χ3n) is 0.227. The number of hydrogen-bond acceptors (Lipinski definition) is 3. The first-order valence-electron chi connectivity index (χ1n) is 2.62. The van der Waals surface area contributed by atoms with Crippen molar-refractivity contribution in [2.24, 2.45) is 0 Å². The zero-order valence-electron chi connectivity index (χ0n) is 10.5. The van der Waals surface area contributed by atoms with Crippen molar-refractivity contribution in [2.75, 3.05) is 0 Å². The van der Waals surface area contributed by atoms with E-state index in [-0.39, 0.29) is 118 Å². The molecule has 3 nitrogen and oxygen atoms in total. The Kier molecular flexibility index (Phi) is 109. The van der Waals surface area contributed by atoms with E-state index in [0.717, 1.165) is 11.9 Å². The minimum atomic E-state index is -3.67. The van der Waals surface area contributed by atoms with Crippen molar-refractivity contribution in [3.8, 4) is 18.0 Å². The van der Waals surface area contributed by atoms with Crippen LogP contribution < -0.4 is 103 Å². The van der Waals surface area contributed by atoms with E-state index in [1.54, 1.807) is 6.07 Å². The zero-order chi connectivity index (χ0) is 11.3. The Hall–Kier alpha value is 1.59. The van der Waals surface area contributed by atoms with E-state index in [9.17, 15) is 17.3 Å². The maximum atomic E-state index is 11.1. The van der Waals surface area contributed by atoms with Gasteiger partial charge in [0.15, 0.2) is 0 Å². The van der Waals surface area contributed by atoms with E-state index in [2.05, 4.69) is 0 Å².